The standard InChI is InChI=1S/C15H23N3O/c1-17-9-7-12(8-10-17)11-15(19)18(2)14-5-3-13(16)4-6-14/h3-6,12H,7-11,16H2,1-2H3. The molecule has 0 radical (unpaired) electrons. The molecule has 0 aliphatic carbocycles. The second-order valence-electron chi connectivity index (χ2n) is 5.50. The molecule has 1 aliphatic heterocycles. The van der Waals surface area contributed by atoms with Gasteiger partial charge in [0.15, 0.2) is 0 Å². The molecule has 0 unspecified atom stereocenters. The predicted molar refractivity (Wildman–Crippen MR) is 79.1 cm³/mol. The number of amides is 1. The van der Waals surface area contributed by atoms with Crippen molar-refractivity contribution < 1.29 is 4.79 Å². The SMILES string of the molecule is CN1CCC(CC(=O)N(C)c2ccc(N)cc2)CC1. The lowest BCUT2D eigenvalue weighted by Gasteiger charge is -2.29. The van der Waals surface area contributed by atoms with Gasteiger partial charge >= 0.3 is 0 Å². The minimum Gasteiger partial charge on any atom is -0.399 e. The van der Waals surface area contributed by atoms with Crippen molar-refractivity contribution >= 4 is 17.3 Å². The summed E-state index contributed by atoms with van der Waals surface area (Å²) in [4.78, 5) is 16.3. The lowest BCUT2D eigenvalue weighted by atomic mass is 9.93. The maximum atomic E-state index is 12.3. The van der Waals surface area contributed by atoms with E-state index in [4.69, 9.17) is 5.73 Å². The first-order valence-electron chi connectivity index (χ1n) is 6.87. The molecule has 0 aromatic heterocycles. The Bertz CT molecular complexity index is 422. The molecule has 1 saturated heterocycles. The Morgan fingerprint density at radius 1 is 1.32 bits per heavy atom. The number of hydrogen-bond acceptors (Lipinski definition) is 3. The average molecular weight is 261 g/mol. The van der Waals surface area contributed by atoms with E-state index in [0.717, 1.165) is 37.3 Å². The van der Waals surface area contributed by atoms with Crippen molar-refractivity contribution in [3.8, 4) is 0 Å². The lowest BCUT2D eigenvalue weighted by molar-refractivity contribution is -0.119. The number of anilines is 2. The summed E-state index contributed by atoms with van der Waals surface area (Å²) in [6.45, 7) is 2.20. The van der Waals surface area contributed by atoms with E-state index >= 15 is 0 Å². The van der Waals surface area contributed by atoms with Crippen molar-refractivity contribution in [2.45, 2.75) is 19.3 Å². The Balaban J connectivity index is 1.90. The largest absolute Gasteiger partial charge is 0.399 e. The topological polar surface area (TPSA) is 49.6 Å². The summed E-state index contributed by atoms with van der Waals surface area (Å²) in [7, 11) is 3.97. The van der Waals surface area contributed by atoms with Gasteiger partial charge in [0.25, 0.3) is 0 Å². The summed E-state index contributed by atoms with van der Waals surface area (Å²) in [6, 6.07) is 7.44. The highest BCUT2D eigenvalue weighted by Gasteiger charge is 2.21. The molecule has 0 saturated carbocycles. The predicted octanol–water partition coefficient (Wildman–Crippen LogP) is 1.96. The Morgan fingerprint density at radius 2 is 1.89 bits per heavy atom. The number of nitrogens with two attached hydrogens (primary N) is 1. The molecule has 0 bridgehead atoms. The zero-order valence-electron chi connectivity index (χ0n) is 11.8. The van der Waals surface area contributed by atoms with E-state index in [2.05, 4.69) is 11.9 Å². The number of carbonyl (C=O) groups is 1. The third-order valence-corrected chi connectivity index (χ3v) is 3.96. The van der Waals surface area contributed by atoms with Gasteiger partial charge in [0.05, 0.1) is 0 Å². The molecule has 2 N–H and O–H groups in total. The van der Waals surface area contributed by atoms with Gasteiger partial charge in [0.2, 0.25) is 5.91 Å². The molecule has 2 rings (SSSR count). The highest BCUT2D eigenvalue weighted by Crippen LogP contribution is 2.22. The van der Waals surface area contributed by atoms with Gasteiger partial charge in [-0.25, -0.2) is 0 Å². The molecule has 4 heteroatoms. The number of carbonyl (C=O) groups excluding carboxylic acids is 1. The van der Waals surface area contributed by atoms with Crippen LogP contribution in [0.25, 0.3) is 0 Å². The number of rotatable bonds is 3. The molecule has 1 aliphatic rings. The van der Waals surface area contributed by atoms with Crippen molar-refractivity contribution in [3.63, 3.8) is 0 Å². The van der Waals surface area contributed by atoms with Crippen molar-refractivity contribution in [2.75, 3.05) is 37.8 Å². The van der Waals surface area contributed by atoms with Crippen LogP contribution < -0.4 is 10.6 Å². The fourth-order valence-electron chi connectivity index (χ4n) is 2.49. The van der Waals surface area contributed by atoms with Crippen LogP contribution in [0.1, 0.15) is 19.3 Å². The van der Waals surface area contributed by atoms with E-state index in [0.29, 0.717) is 12.3 Å². The normalized spacial score (nSPS) is 17.4. The maximum Gasteiger partial charge on any atom is 0.226 e. The molecule has 1 amide bonds. The minimum atomic E-state index is 0.194. The van der Waals surface area contributed by atoms with Crippen LogP contribution >= 0.6 is 0 Å². The number of nitrogen functional groups attached to an aromatic ring is 1. The first kappa shape index (κ1) is 13.9. The Labute approximate surface area is 115 Å². The van der Waals surface area contributed by atoms with Gasteiger partial charge in [-0.1, -0.05) is 0 Å². The summed E-state index contributed by atoms with van der Waals surface area (Å²) in [5.41, 5.74) is 7.29. The maximum absolute atomic E-state index is 12.3. The second-order valence-corrected chi connectivity index (χ2v) is 5.50. The van der Waals surface area contributed by atoms with Crippen LogP contribution in [0.2, 0.25) is 0 Å². The smallest absolute Gasteiger partial charge is 0.226 e. The Hall–Kier alpha value is -1.55. The fraction of sp³-hybridized carbons (Fsp3) is 0.533. The van der Waals surface area contributed by atoms with Gasteiger partial charge in [0.1, 0.15) is 0 Å². The molecule has 1 heterocycles. The van der Waals surface area contributed by atoms with Crippen molar-refractivity contribution in [3.05, 3.63) is 24.3 Å². The molecular weight excluding hydrogens is 238 g/mol. The van der Waals surface area contributed by atoms with Gasteiger partial charge in [-0.2, -0.15) is 0 Å². The molecule has 104 valence electrons. The van der Waals surface area contributed by atoms with Crippen molar-refractivity contribution in [2.24, 2.45) is 5.92 Å². The van der Waals surface area contributed by atoms with Gasteiger partial charge in [0, 0.05) is 24.8 Å². The van der Waals surface area contributed by atoms with Gasteiger partial charge in [-0.15, -0.1) is 0 Å². The number of likely N-dealkylation sites (tertiary alicyclic amines) is 1. The van der Waals surface area contributed by atoms with Crippen molar-refractivity contribution in [1.82, 2.24) is 4.90 Å². The Morgan fingerprint density at radius 3 is 2.47 bits per heavy atom. The van der Waals surface area contributed by atoms with Gasteiger partial charge in [-0.05, 0) is 63.2 Å². The van der Waals surface area contributed by atoms with E-state index in [1.54, 1.807) is 4.90 Å². The van der Waals surface area contributed by atoms with Crippen molar-refractivity contribution in [1.29, 1.82) is 0 Å². The number of nitrogens with zero attached hydrogens (tertiary/aromatic N) is 2. The molecule has 1 aromatic carbocycles. The quantitative estimate of drug-likeness (QED) is 0.846. The number of piperidine rings is 1. The van der Waals surface area contributed by atoms with E-state index in [1.807, 2.05) is 31.3 Å². The highest BCUT2D eigenvalue weighted by molar-refractivity contribution is 5.93. The van der Waals surface area contributed by atoms with E-state index < -0.39 is 0 Å². The molecule has 0 atom stereocenters. The van der Waals surface area contributed by atoms with Crippen LogP contribution in [-0.4, -0.2) is 38.0 Å². The summed E-state index contributed by atoms with van der Waals surface area (Å²) >= 11 is 0. The molecule has 1 aromatic rings. The first-order valence-corrected chi connectivity index (χ1v) is 6.87. The third kappa shape index (κ3) is 3.70. The number of hydrogen-bond donors (Lipinski definition) is 1. The lowest BCUT2D eigenvalue weighted by Crippen LogP contribution is -2.34. The van der Waals surface area contributed by atoms with Gasteiger partial charge in [-0.3, -0.25) is 4.79 Å². The zero-order valence-corrected chi connectivity index (χ0v) is 11.8. The van der Waals surface area contributed by atoms with Crippen LogP contribution in [0, 0.1) is 5.92 Å². The van der Waals surface area contributed by atoms with E-state index in [1.165, 1.54) is 0 Å². The molecule has 4 nitrogen and oxygen atoms in total. The van der Waals surface area contributed by atoms with Crippen LogP contribution in [0.3, 0.4) is 0 Å². The van der Waals surface area contributed by atoms with Crippen LogP contribution in [-0.2, 0) is 4.79 Å². The summed E-state index contributed by atoms with van der Waals surface area (Å²) < 4.78 is 0. The minimum absolute atomic E-state index is 0.194. The summed E-state index contributed by atoms with van der Waals surface area (Å²) in [5, 5.41) is 0. The molecule has 1 fully saturated rings. The van der Waals surface area contributed by atoms with Crippen LogP contribution in [0.15, 0.2) is 24.3 Å². The van der Waals surface area contributed by atoms with E-state index in [-0.39, 0.29) is 5.91 Å². The molecule has 0 spiro atoms. The summed E-state index contributed by atoms with van der Waals surface area (Å²) in [6.07, 6.45) is 2.89. The number of benzene rings is 1. The summed E-state index contributed by atoms with van der Waals surface area (Å²) in [5.74, 6) is 0.722. The fourth-order valence-corrected chi connectivity index (χ4v) is 2.49. The highest BCUT2D eigenvalue weighted by atomic mass is 16.2. The van der Waals surface area contributed by atoms with Crippen LogP contribution in [0.5, 0.6) is 0 Å². The average Bonchev–Trinajstić information content (AvgIpc) is 2.41. The first-order chi connectivity index (χ1) is 9.06. The zero-order chi connectivity index (χ0) is 13.8. The van der Waals surface area contributed by atoms with Gasteiger partial charge < -0.3 is 15.5 Å². The second kappa shape index (κ2) is 6.06. The third-order valence-electron chi connectivity index (χ3n) is 3.96. The Kier molecular flexibility index (Phi) is 4.43. The molecule has 19 heavy (non-hydrogen) atoms. The monoisotopic (exact) mass is 261 g/mol. The van der Waals surface area contributed by atoms with Crippen LogP contribution in [0.4, 0.5) is 11.4 Å². The molecular formula is C15H23N3O. The van der Waals surface area contributed by atoms with E-state index in [9.17, 15) is 4.79 Å².